The molecule has 0 atom stereocenters. The van der Waals surface area contributed by atoms with Crippen LogP contribution in [0.1, 0.15) is 53.1 Å². The van der Waals surface area contributed by atoms with E-state index in [-0.39, 0.29) is 17.2 Å². The van der Waals surface area contributed by atoms with Gasteiger partial charge < -0.3 is 15.5 Å². The van der Waals surface area contributed by atoms with E-state index < -0.39 is 17.6 Å². The van der Waals surface area contributed by atoms with Crippen LogP contribution < -0.4 is 20.6 Å². The molecule has 0 spiro atoms. The average molecular weight is 507 g/mol. The van der Waals surface area contributed by atoms with Crippen molar-refractivity contribution in [3.8, 4) is 0 Å². The van der Waals surface area contributed by atoms with Crippen molar-refractivity contribution < 1.29 is 18.8 Å². The number of aromatic nitrogens is 2. The van der Waals surface area contributed by atoms with E-state index in [4.69, 9.17) is 4.84 Å². The van der Waals surface area contributed by atoms with Gasteiger partial charge in [-0.15, -0.1) is 0 Å². The maximum Gasteiger partial charge on any atom is 0.284 e. The number of rotatable bonds is 8. The summed E-state index contributed by atoms with van der Waals surface area (Å²) in [5, 5.41) is 7.03. The van der Waals surface area contributed by atoms with Gasteiger partial charge in [0.05, 0.1) is 42.1 Å². The summed E-state index contributed by atoms with van der Waals surface area (Å²) >= 11 is 0. The van der Waals surface area contributed by atoms with Gasteiger partial charge in [0.2, 0.25) is 0 Å². The number of carbonyl (C=O) groups is 2. The number of anilines is 4. The normalized spacial score (nSPS) is 13.1. The minimum atomic E-state index is -0.495. The Kier molecular flexibility index (Phi) is 7.98. The first-order valence-electron chi connectivity index (χ1n) is 12.2. The highest BCUT2D eigenvalue weighted by Gasteiger charge is 2.22. The number of hydrogen-bond acceptors (Lipinski definition) is 7. The standard InChI is InChI=1S/C27H31FN6O3/c1-17(2)31-25-8-7-22(16-30-25)34(37-4)27(36)24-14-21(15-29-18(24)3)32-26(35)19-11-20(28)13-23(12-19)33-9-5-6-10-33/h7-8,11-17H,5-6,9-10H2,1-4H3,(H,30,31)(H,32,35). The molecule has 1 aromatic carbocycles. The molecule has 4 rings (SSSR count). The molecule has 1 saturated heterocycles. The third-order valence-electron chi connectivity index (χ3n) is 5.98. The molecule has 3 heterocycles. The summed E-state index contributed by atoms with van der Waals surface area (Å²) in [4.78, 5) is 42.3. The Labute approximate surface area is 215 Å². The second-order valence-electron chi connectivity index (χ2n) is 9.19. The van der Waals surface area contributed by atoms with Crippen LogP contribution >= 0.6 is 0 Å². The molecule has 9 nitrogen and oxygen atoms in total. The lowest BCUT2D eigenvalue weighted by atomic mass is 10.1. The molecule has 0 bridgehead atoms. The van der Waals surface area contributed by atoms with Gasteiger partial charge in [0.25, 0.3) is 11.8 Å². The van der Waals surface area contributed by atoms with Crippen LogP contribution in [-0.2, 0) is 4.84 Å². The van der Waals surface area contributed by atoms with Crippen molar-refractivity contribution in [3.05, 3.63) is 71.4 Å². The Bertz CT molecular complexity index is 1280. The first-order valence-corrected chi connectivity index (χ1v) is 12.2. The molecule has 0 aliphatic carbocycles. The smallest absolute Gasteiger partial charge is 0.284 e. The van der Waals surface area contributed by atoms with Crippen molar-refractivity contribution in [2.75, 3.05) is 40.8 Å². The van der Waals surface area contributed by atoms with E-state index in [2.05, 4.69) is 25.5 Å². The number of carbonyl (C=O) groups excluding carboxylic acids is 2. The molecule has 2 aromatic heterocycles. The first-order chi connectivity index (χ1) is 17.7. The number of aryl methyl sites for hydroxylation is 1. The third kappa shape index (κ3) is 6.21. The summed E-state index contributed by atoms with van der Waals surface area (Å²) in [6, 6.07) is 9.52. The molecule has 0 saturated carbocycles. The third-order valence-corrected chi connectivity index (χ3v) is 5.98. The highest BCUT2D eigenvalue weighted by Crippen LogP contribution is 2.25. The largest absolute Gasteiger partial charge is 0.371 e. The van der Waals surface area contributed by atoms with Crippen molar-refractivity contribution in [3.63, 3.8) is 0 Å². The zero-order chi connectivity index (χ0) is 26.5. The number of amides is 2. The summed E-state index contributed by atoms with van der Waals surface area (Å²) in [6.07, 6.45) is 5.06. The molecule has 1 aliphatic rings. The molecule has 0 radical (unpaired) electrons. The minimum absolute atomic E-state index is 0.190. The molecule has 2 amide bonds. The lowest BCUT2D eigenvalue weighted by Gasteiger charge is -2.21. The van der Waals surface area contributed by atoms with Crippen LogP contribution in [0.3, 0.4) is 0 Å². The first kappa shape index (κ1) is 26.0. The molecule has 1 fully saturated rings. The summed E-state index contributed by atoms with van der Waals surface area (Å²) in [7, 11) is 1.38. The van der Waals surface area contributed by atoms with Crippen molar-refractivity contribution in [1.29, 1.82) is 0 Å². The molecule has 3 aromatic rings. The van der Waals surface area contributed by atoms with Gasteiger partial charge in [-0.3, -0.25) is 19.4 Å². The maximum absolute atomic E-state index is 14.3. The van der Waals surface area contributed by atoms with Gasteiger partial charge in [0.15, 0.2) is 0 Å². The van der Waals surface area contributed by atoms with E-state index in [9.17, 15) is 14.0 Å². The highest BCUT2D eigenvalue weighted by molar-refractivity contribution is 6.08. The number of hydrogen-bond donors (Lipinski definition) is 2. The Balaban J connectivity index is 1.53. The van der Waals surface area contributed by atoms with Gasteiger partial charge in [-0.2, -0.15) is 5.06 Å². The zero-order valence-corrected chi connectivity index (χ0v) is 21.4. The maximum atomic E-state index is 14.3. The molecule has 0 unspecified atom stereocenters. The predicted molar refractivity (Wildman–Crippen MR) is 142 cm³/mol. The van der Waals surface area contributed by atoms with E-state index >= 15 is 0 Å². The SMILES string of the molecule is CON(C(=O)c1cc(NC(=O)c2cc(F)cc(N3CCCC3)c2)cnc1C)c1ccc(NC(C)C)nc1. The van der Waals surface area contributed by atoms with Crippen LogP contribution in [0.25, 0.3) is 0 Å². The van der Waals surface area contributed by atoms with Gasteiger partial charge in [-0.1, -0.05) is 0 Å². The summed E-state index contributed by atoms with van der Waals surface area (Å²) < 4.78 is 14.3. The van der Waals surface area contributed by atoms with Crippen molar-refractivity contribution in [2.45, 2.75) is 39.7 Å². The van der Waals surface area contributed by atoms with Crippen LogP contribution in [0.4, 0.5) is 27.3 Å². The summed E-state index contributed by atoms with van der Waals surface area (Å²) in [6.45, 7) is 7.36. The molecular weight excluding hydrogens is 475 g/mol. The van der Waals surface area contributed by atoms with Gasteiger partial charge in [-0.05, 0) is 70.0 Å². The average Bonchev–Trinajstić information content (AvgIpc) is 3.41. The topological polar surface area (TPSA) is 99.7 Å². The number of pyridine rings is 2. The fourth-order valence-corrected chi connectivity index (χ4v) is 4.19. The molecule has 10 heteroatoms. The van der Waals surface area contributed by atoms with E-state index in [0.717, 1.165) is 31.0 Å². The van der Waals surface area contributed by atoms with Gasteiger partial charge >= 0.3 is 0 Å². The van der Waals surface area contributed by atoms with Crippen LogP contribution in [0, 0.1) is 12.7 Å². The lowest BCUT2D eigenvalue weighted by molar-refractivity contribution is 0.0771. The minimum Gasteiger partial charge on any atom is -0.371 e. The Morgan fingerprint density at radius 1 is 1.08 bits per heavy atom. The fourth-order valence-electron chi connectivity index (χ4n) is 4.19. The molecule has 194 valence electrons. The highest BCUT2D eigenvalue weighted by atomic mass is 19.1. The van der Waals surface area contributed by atoms with Crippen molar-refractivity contribution in [2.24, 2.45) is 0 Å². The van der Waals surface area contributed by atoms with Gasteiger partial charge in [0.1, 0.15) is 11.6 Å². The van der Waals surface area contributed by atoms with Crippen LogP contribution in [0.5, 0.6) is 0 Å². The zero-order valence-electron chi connectivity index (χ0n) is 21.4. The van der Waals surface area contributed by atoms with Gasteiger partial charge in [0, 0.05) is 30.4 Å². The van der Waals surface area contributed by atoms with E-state index in [1.807, 2.05) is 13.8 Å². The van der Waals surface area contributed by atoms with Crippen molar-refractivity contribution in [1.82, 2.24) is 9.97 Å². The monoisotopic (exact) mass is 506 g/mol. The second-order valence-corrected chi connectivity index (χ2v) is 9.19. The number of nitrogens with zero attached hydrogens (tertiary/aromatic N) is 4. The lowest BCUT2D eigenvalue weighted by Crippen LogP contribution is -2.31. The van der Waals surface area contributed by atoms with Crippen LogP contribution in [0.2, 0.25) is 0 Å². The Morgan fingerprint density at radius 3 is 2.49 bits per heavy atom. The quantitative estimate of drug-likeness (QED) is 0.423. The number of hydroxylamine groups is 1. The second kappa shape index (κ2) is 11.3. The number of halogens is 1. The Morgan fingerprint density at radius 2 is 1.84 bits per heavy atom. The molecular formula is C27H31FN6O3. The summed E-state index contributed by atoms with van der Waals surface area (Å²) in [5.41, 5.74) is 2.30. The molecule has 1 aliphatic heterocycles. The fraction of sp³-hybridized carbons (Fsp3) is 0.333. The van der Waals surface area contributed by atoms with Gasteiger partial charge in [-0.25, -0.2) is 9.37 Å². The van der Waals surface area contributed by atoms with E-state index in [1.54, 1.807) is 25.1 Å². The number of benzene rings is 1. The van der Waals surface area contributed by atoms with Crippen LogP contribution in [-0.4, -0.2) is 48.0 Å². The summed E-state index contributed by atoms with van der Waals surface area (Å²) in [5.74, 6) is -0.775. The van der Waals surface area contributed by atoms with E-state index in [0.29, 0.717) is 28.6 Å². The van der Waals surface area contributed by atoms with Crippen molar-refractivity contribution >= 4 is 34.7 Å². The molecule has 37 heavy (non-hydrogen) atoms. The van der Waals surface area contributed by atoms with Crippen LogP contribution in [0.15, 0.2) is 48.8 Å². The Hall–Kier alpha value is -4.05. The predicted octanol–water partition coefficient (Wildman–Crippen LogP) is 4.81. The number of nitrogens with one attached hydrogen (secondary N) is 2. The molecule has 2 N–H and O–H groups in total. The van der Waals surface area contributed by atoms with E-state index in [1.165, 1.54) is 37.7 Å².